The molecule has 6 rings (SSSR count). The first-order valence-electron chi connectivity index (χ1n) is 9.21. The standard InChI is InChI=1S/C20H26N2O/c1-3-13-8-12-9-17-19-15(6-7-22(11-12)20(13)17)16-10-14(23-2)4-5-18(16)21-19/h4-5,10,12-13,17,20-21H,3,6-9,11H2,1-2H3/t12-,13+,17-,20+/m1/s1. The molecule has 1 N–H and O–H groups in total. The molecular formula is C20H26N2O. The van der Waals surface area contributed by atoms with Gasteiger partial charge in [0.2, 0.25) is 0 Å². The van der Waals surface area contributed by atoms with Crippen LogP contribution in [0.2, 0.25) is 0 Å². The number of nitrogens with zero attached hydrogens (tertiary/aromatic N) is 1. The summed E-state index contributed by atoms with van der Waals surface area (Å²) in [6, 6.07) is 7.26. The quantitative estimate of drug-likeness (QED) is 0.910. The number of aromatic amines is 1. The van der Waals surface area contributed by atoms with E-state index in [0.717, 1.165) is 23.6 Å². The number of fused-ring (bicyclic) bond motifs is 4. The van der Waals surface area contributed by atoms with Gasteiger partial charge in [-0.2, -0.15) is 0 Å². The van der Waals surface area contributed by atoms with Crippen molar-refractivity contribution in [1.29, 1.82) is 0 Å². The van der Waals surface area contributed by atoms with Gasteiger partial charge in [0.15, 0.2) is 0 Å². The zero-order chi connectivity index (χ0) is 15.6. The molecule has 1 aromatic carbocycles. The van der Waals surface area contributed by atoms with E-state index in [-0.39, 0.29) is 0 Å². The molecule has 1 saturated carbocycles. The van der Waals surface area contributed by atoms with Crippen molar-refractivity contribution in [2.45, 2.75) is 44.6 Å². The molecule has 1 aromatic heterocycles. The molecule has 2 aromatic rings. The van der Waals surface area contributed by atoms with Gasteiger partial charge >= 0.3 is 0 Å². The van der Waals surface area contributed by atoms with Gasteiger partial charge in [0.1, 0.15) is 5.75 Å². The number of methoxy groups -OCH3 is 1. The predicted octanol–water partition coefficient (Wildman–Crippen LogP) is 3.94. The third kappa shape index (κ3) is 1.92. The van der Waals surface area contributed by atoms with Crippen molar-refractivity contribution >= 4 is 10.9 Å². The summed E-state index contributed by atoms with van der Waals surface area (Å²) in [5, 5.41) is 1.39. The van der Waals surface area contributed by atoms with Gasteiger partial charge in [-0.25, -0.2) is 0 Å². The third-order valence-corrected chi connectivity index (χ3v) is 6.72. The zero-order valence-electron chi connectivity index (χ0n) is 14.1. The van der Waals surface area contributed by atoms with Crippen LogP contribution < -0.4 is 4.74 Å². The Balaban J connectivity index is 1.66. The molecule has 4 heterocycles. The van der Waals surface area contributed by atoms with Crippen LogP contribution in [0, 0.1) is 11.8 Å². The van der Waals surface area contributed by atoms with Gasteiger partial charge < -0.3 is 9.72 Å². The number of piperidine rings is 2. The van der Waals surface area contributed by atoms with E-state index in [9.17, 15) is 0 Å². The van der Waals surface area contributed by atoms with Gasteiger partial charge in [0, 0.05) is 41.6 Å². The predicted molar refractivity (Wildman–Crippen MR) is 93.2 cm³/mol. The van der Waals surface area contributed by atoms with Crippen molar-refractivity contribution in [3.63, 3.8) is 0 Å². The highest BCUT2D eigenvalue weighted by molar-refractivity contribution is 5.86. The summed E-state index contributed by atoms with van der Waals surface area (Å²) in [4.78, 5) is 6.63. The summed E-state index contributed by atoms with van der Waals surface area (Å²) in [5.74, 6) is 3.48. The smallest absolute Gasteiger partial charge is 0.119 e. The minimum atomic E-state index is 0.711. The molecule has 1 aliphatic carbocycles. The average molecular weight is 310 g/mol. The molecular weight excluding hydrogens is 284 g/mol. The van der Waals surface area contributed by atoms with E-state index < -0.39 is 0 Å². The number of ether oxygens (including phenoxy) is 1. The van der Waals surface area contributed by atoms with Crippen LogP contribution in [0.3, 0.4) is 0 Å². The van der Waals surface area contributed by atoms with Crippen molar-refractivity contribution in [2.75, 3.05) is 20.2 Å². The Labute approximate surface area is 138 Å². The van der Waals surface area contributed by atoms with Gasteiger partial charge in [0.05, 0.1) is 7.11 Å². The summed E-state index contributed by atoms with van der Waals surface area (Å²) in [6.07, 6.45) is 5.35. The maximum absolute atomic E-state index is 5.46. The Morgan fingerprint density at radius 2 is 2.22 bits per heavy atom. The van der Waals surface area contributed by atoms with E-state index in [1.165, 1.54) is 49.7 Å². The Morgan fingerprint density at radius 3 is 3.04 bits per heavy atom. The molecule has 0 amide bonds. The number of hydrogen-bond donors (Lipinski definition) is 1. The third-order valence-electron chi connectivity index (χ3n) is 6.72. The highest BCUT2D eigenvalue weighted by Crippen LogP contribution is 2.51. The van der Waals surface area contributed by atoms with E-state index in [0.29, 0.717) is 5.92 Å². The lowest BCUT2D eigenvalue weighted by atomic mass is 9.65. The normalized spacial score (nSPS) is 35.1. The molecule has 2 saturated heterocycles. The van der Waals surface area contributed by atoms with Crippen LogP contribution in [0.5, 0.6) is 5.75 Å². The molecule has 5 atom stereocenters. The van der Waals surface area contributed by atoms with E-state index in [1.807, 2.05) is 0 Å². The van der Waals surface area contributed by atoms with Crippen molar-refractivity contribution in [3.05, 3.63) is 29.5 Å². The fourth-order valence-electron chi connectivity index (χ4n) is 5.80. The molecule has 122 valence electrons. The van der Waals surface area contributed by atoms with E-state index in [1.54, 1.807) is 18.4 Å². The molecule has 0 radical (unpaired) electrons. The number of rotatable bonds is 2. The molecule has 3 heteroatoms. The lowest BCUT2D eigenvalue weighted by molar-refractivity contribution is -0.0134. The largest absolute Gasteiger partial charge is 0.497 e. The first kappa shape index (κ1) is 13.9. The van der Waals surface area contributed by atoms with E-state index in [4.69, 9.17) is 4.74 Å². The average Bonchev–Trinajstić information content (AvgIpc) is 2.92. The molecule has 3 fully saturated rings. The highest BCUT2D eigenvalue weighted by Gasteiger charge is 2.48. The van der Waals surface area contributed by atoms with Crippen molar-refractivity contribution in [1.82, 2.24) is 9.88 Å². The second kappa shape index (κ2) is 5.01. The second-order valence-electron chi connectivity index (χ2n) is 7.78. The van der Waals surface area contributed by atoms with Crippen LogP contribution in [0.4, 0.5) is 0 Å². The minimum Gasteiger partial charge on any atom is -0.497 e. The van der Waals surface area contributed by atoms with Crippen LogP contribution in [0.15, 0.2) is 18.2 Å². The Kier molecular flexibility index (Phi) is 3.03. The summed E-state index contributed by atoms with van der Waals surface area (Å²) in [5.41, 5.74) is 4.40. The van der Waals surface area contributed by atoms with Gasteiger partial charge in [-0.15, -0.1) is 0 Å². The summed E-state index contributed by atoms with van der Waals surface area (Å²) in [7, 11) is 1.76. The molecule has 23 heavy (non-hydrogen) atoms. The first-order valence-corrected chi connectivity index (χ1v) is 9.21. The SMILES string of the molecule is CC[C@H]1C[C@@H]2C[C@@H]3c4[nH]c5ccc(OC)cc5c4CCN(C2)[C@@H]13. The fourth-order valence-corrected chi connectivity index (χ4v) is 5.80. The number of hydrogen-bond acceptors (Lipinski definition) is 2. The van der Waals surface area contributed by atoms with Gasteiger partial charge in [-0.3, -0.25) is 4.90 Å². The summed E-state index contributed by atoms with van der Waals surface area (Å²) in [6.45, 7) is 4.95. The van der Waals surface area contributed by atoms with Crippen LogP contribution in [0.25, 0.3) is 10.9 Å². The number of nitrogens with one attached hydrogen (secondary N) is 1. The van der Waals surface area contributed by atoms with E-state index in [2.05, 4.69) is 35.0 Å². The molecule has 3 aliphatic heterocycles. The minimum absolute atomic E-state index is 0.711. The monoisotopic (exact) mass is 310 g/mol. The fraction of sp³-hybridized carbons (Fsp3) is 0.600. The van der Waals surface area contributed by atoms with Crippen LogP contribution in [0.1, 0.15) is 43.4 Å². The first-order chi connectivity index (χ1) is 11.3. The molecule has 3 nitrogen and oxygen atoms in total. The molecule has 4 aliphatic rings. The molecule has 1 unspecified atom stereocenters. The van der Waals surface area contributed by atoms with Gasteiger partial charge in [-0.05, 0) is 54.9 Å². The number of H-pyrrole nitrogens is 1. The Bertz CT molecular complexity index is 749. The number of aromatic nitrogens is 1. The van der Waals surface area contributed by atoms with Crippen molar-refractivity contribution < 1.29 is 4.74 Å². The topological polar surface area (TPSA) is 28.3 Å². The molecule has 4 bridgehead atoms. The lowest BCUT2D eigenvalue weighted by Crippen LogP contribution is -2.56. The van der Waals surface area contributed by atoms with Crippen molar-refractivity contribution in [3.8, 4) is 5.75 Å². The maximum atomic E-state index is 5.46. The summed E-state index contributed by atoms with van der Waals surface area (Å²) < 4.78 is 5.46. The van der Waals surface area contributed by atoms with Crippen molar-refractivity contribution in [2.24, 2.45) is 11.8 Å². The molecule has 0 spiro atoms. The maximum Gasteiger partial charge on any atom is 0.119 e. The Hall–Kier alpha value is -1.48. The van der Waals surface area contributed by atoms with Crippen LogP contribution in [-0.4, -0.2) is 36.1 Å². The van der Waals surface area contributed by atoms with Gasteiger partial charge in [-0.1, -0.05) is 13.3 Å². The second-order valence-corrected chi connectivity index (χ2v) is 7.78. The lowest BCUT2D eigenvalue weighted by Gasteiger charge is -2.53. The highest BCUT2D eigenvalue weighted by atomic mass is 16.5. The van der Waals surface area contributed by atoms with Crippen LogP contribution in [-0.2, 0) is 6.42 Å². The zero-order valence-corrected chi connectivity index (χ0v) is 14.1. The van der Waals surface area contributed by atoms with E-state index >= 15 is 0 Å². The Morgan fingerprint density at radius 1 is 1.30 bits per heavy atom. The van der Waals surface area contributed by atoms with Gasteiger partial charge in [0.25, 0.3) is 0 Å². The summed E-state index contributed by atoms with van der Waals surface area (Å²) >= 11 is 0. The van der Waals surface area contributed by atoms with Crippen LogP contribution >= 0.6 is 0 Å². The number of benzene rings is 1.